The number of nitrogens with one attached hydrogen (secondary N) is 1. The molecule has 1 heterocycles. The summed E-state index contributed by atoms with van der Waals surface area (Å²) in [7, 11) is 0. The van der Waals surface area contributed by atoms with Gasteiger partial charge in [0.2, 0.25) is 0 Å². The van der Waals surface area contributed by atoms with E-state index in [-0.39, 0.29) is 6.04 Å². The Bertz CT molecular complexity index is 557. The Morgan fingerprint density at radius 3 is 2.80 bits per heavy atom. The highest BCUT2D eigenvalue weighted by atomic mass is 32.1. The van der Waals surface area contributed by atoms with Gasteiger partial charge in [-0.15, -0.1) is 11.3 Å². The zero-order chi connectivity index (χ0) is 14.4. The number of rotatable bonds is 5. The topological polar surface area (TPSA) is 77.2 Å². The van der Waals surface area contributed by atoms with Crippen molar-refractivity contribution in [1.82, 2.24) is 10.3 Å². The molecule has 106 valence electrons. The van der Waals surface area contributed by atoms with E-state index in [1.807, 2.05) is 35.7 Å². The van der Waals surface area contributed by atoms with Crippen LogP contribution in [0.3, 0.4) is 0 Å². The molecular formula is C14H17N3O2S. The lowest BCUT2D eigenvalue weighted by atomic mass is 10.0. The van der Waals surface area contributed by atoms with E-state index in [2.05, 4.69) is 10.3 Å². The quantitative estimate of drug-likeness (QED) is 0.888. The fourth-order valence-corrected chi connectivity index (χ4v) is 2.47. The lowest BCUT2D eigenvalue weighted by molar-refractivity contribution is 0.147. The van der Waals surface area contributed by atoms with Crippen molar-refractivity contribution in [3.8, 4) is 0 Å². The maximum absolute atomic E-state index is 11.6. The first-order chi connectivity index (χ1) is 9.69. The molecule has 1 aromatic heterocycles. The molecule has 0 unspecified atom stereocenters. The van der Waals surface area contributed by atoms with Crippen LogP contribution in [0.4, 0.5) is 9.93 Å². The summed E-state index contributed by atoms with van der Waals surface area (Å²) in [5.41, 5.74) is 7.53. The highest BCUT2D eigenvalue weighted by Crippen LogP contribution is 2.22. The molecule has 3 N–H and O–H groups in total. The molecule has 0 aliphatic rings. The Balaban J connectivity index is 2.13. The van der Waals surface area contributed by atoms with Gasteiger partial charge in [0.1, 0.15) is 0 Å². The fourth-order valence-electron chi connectivity index (χ4n) is 1.86. The number of anilines is 1. The lowest BCUT2D eigenvalue weighted by Gasteiger charge is -2.16. The number of nitrogens with zero attached hydrogens (tertiary/aromatic N) is 1. The summed E-state index contributed by atoms with van der Waals surface area (Å²) in [6.07, 6.45) is 0.197. The van der Waals surface area contributed by atoms with E-state index >= 15 is 0 Å². The number of aromatic nitrogens is 1. The van der Waals surface area contributed by atoms with Gasteiger partial charge in [0.15, 0.2) is 5.13 Å². The second-order valence-corrected chi connectivity index (χ2v) is 5.11. The first kappa shape index (κ1) is 14.3. The van der Waals surface area contributed by atoms with E-state index in [4.69, 9.17) is 10.5 Å². The molecule has 2 aromatic rings. The summed E-state index contributed by atoms with van der Waals surface area (Å²) in [5.74, 6) is 0. The maximum atomic E-state index is 11.6. The van der Waals surface area contributed by atoms with Gasteiger partial charge in [0, 0.05) is 5.38 Å². The van der Waals surface area contributed by atoms with Crippen LogP contribution in [-0.4, -0.2) is 17.7 Å². The predicted molar refractivity (Wildman–Crippen MR) is 79.6 cm³/mol. The molecule has 0 radical (unpaired) electrons. The van der Waals surface area contributed by atoms with E-state index in [0.717, 1.165) is 11.3 Å². The zero-order valence-electron chi connectivity index (χ0n) is 11.2. The summed E-state index contributed by atoms with van der Waals surface area (Å²) in [6.45, 7) is 2.11. The van der Waals surface area contributed by atoms with Crippen molar-refractivity contribution < 1.29 is 9.53 Å². The first-order valence-corrected chi connectivity index (χ1v) is 7.25. The average molecular weight is 291 g/mol. The minimum Gasteiger partial charge on any atom is -0.450 e. The van der Waals surface area contributed by atoms with Crippen molar-refractivity contribution in [3.63, 3.8) is 0 Å². The van der Waals surface area contributed by atoms with Crippen LogP contribution in [0, 0.1) is 0 Å². The van der Waals surface area contributed by atoms with Gasteiger partial charge in [-0.05, 0) is 18.9 Å². The monoisotopic (exact) mass is 291 g/mol. The number of alkyl carbamates (subject to hydrolysis) is 1. The normalized spacial score (nSPS) is 11.8. The van der Waals surface area contributed by atoms with Crippen LogP contribution in [0.2, 0.25) is 0 Å². The second kappa shape index (κ2) is 6.91. The number of amides is 1. The van der Waals surface area contributed by atoms with Crippen molar-refractivity contribution in [2.45, 2.75) is 19.4 Å². The number of carbonyl (C=O) groups is 1. The molecule has 1 amide bonds. The second-order valence-electron chi connectivity index (χ2n) is 4.22. The Hall–Kier alpha value is -2.08. The minimum atomic E-state index is -0.444. The molecule has 1 aromatic carbocycles. The molecular weight excluding hydrogens is 274 g/mol. The lowest BCUT2D eigenvalue weighted by Crippen LogP contribution is -2.30. The molecule has 6 heteroatoms. The molecule has 0 saturated heterocycles. The van der Waals surface area contributed by atoms with E-state index in [1.165, 1.54) is 11.3 Å². The fraction of sp³-hybridized carbons (Fsp3) is 0.286. The average Bonchev–Trinajstić information content (AvgIpc) is 2.86. The smallest absolute Gasteiger partial charge is 0.407 e. The zero-order valence-corrected chi connectivity index (χ0v) is 12.0. The Labute approximate surface area is 121 Å². The molecule has 2 rings (SSSR count). The van der Waals surface area contributed by atoms with Gasteiger partial charge < -0.3 is 15.8 Å². The Morgan fingerprint density at radius 1 is 1.45 bits per heavy atom. The summed E-state index contributed by atoms with van der Waals surface area (Å²) in [5, 5.41) is 5.17. The Morgan fingerprint density at radius 2 is 2.20 bits per heavy atom. The van der Waals surface area contributed by atoms with Gasteiger partial charge >= 0.3 is 6.09 Å². The SMILES string of the molecule is CCOC(=O)N[C@@H](Cc1ccccc1)c1csc(N)n1. The molecule has 0 spiro atoms. The van der Waals surface area contributed by atoms with Crippen LogP contribution in [-0.2, 0) is 11.2 Å². The van der Waals surface area contributed by atoms with Crippen molar-refractivity contribution in [2.75, 3.05) is 12.3 Å². The van der Waals surface area contributed by atoms with Crippen LogP contribution in [0.1, 0.15) is 24.2 Å². The predicted octanol–water partition coefficient (Wildman–Crippen LogP) is 2.76. The number of carbonyl (C=O) groups excluding carboxylic acids is 1. The molecule has 0 aliphatic heterocycles. The highest BCUT2D eigenvalue weighted by Gasteiger charge is 2.18. The summed E-state index contributed by atoms with van der Waals surface area (Å²) >= 11 is 1.36. The highest BCUT2D eigenvalue weighted by molar-refractivity contribution is 7.13. The number of nitrogen functional groups attached to an aromatic ring is 1. The summed E-state index contributed by atoms with van der Waals surface area (Å²) < 4.78 is 4.93. The number of ether oxygens (including phenoxy) is 1. The van der Waals surface area contributed by atoms with Gasteiger partial charge in [-0.1, -0.05) is 30.3 Å². The summed E-state index contributed by atoms with van der Waals surface area (Å²) in [4.78, 5) is 15.9. The van der Waals surface area contributed by atoms with E-state index in [1.54, 1.807) is 6.92 Å². The number of nitrogens with two attached hydrogens (primary N) is 1. The third-order valence-electron chi connectivity index (χ3n) is 2.75. The van der Waals surface area contributed by atoms with E-state index in [9.17, 15) is 4.79 Å². The van der Waals surface area contributed by atoms with Gasteiger partial charge in [-0.25, -0.2) is 9.78 Å². The van der Waals surface area contributed by atoms with Gasteiger partial charge in [-0.2, -0.15) is 0 Å². The third-order valence-corrected chi connectivity index (χ3v) is 3.44. The van der Waals surface area contributed by atoms with Crippen LogP contribution in [0.5, 0.6) is 0 Å². The van der Waals surface area contributed by atoms with Crippen molar-refractivity contribution in [1.29, 1.82) is 0 Å². The van der Waals surface area contributed by atoms with Crippen molar-refractivity contribution in [2.24, 2.45) is 0 Å². The molecule has 0 aliphatic carbocycles. The third kappa shape index (κ3) is 3.96. The maximum Gasteiger partial charge on any atom is 0.407 e. The number of thiazole rings is 1. The molecule has 5 nitrogen and oxygen atoms in total. The van der Waals surface area contributed by atoms with E-state index < -0.39 is 6.09 Å². The van der Waals surface area contributed by atoms with Crippen LogP contribution < -0.4 is 11.1 Å². The van der Waals surface area contributed by atoms with Gasteiger partial charge in [0.25, 0.3) is 0 Å². The number of benzene rings is 1. The first-order valence-electron chi connectivity index (χ1n) is 6.37. The van der Waals surface area contributed by atoms with Gasteiger partial charge in [0.05, 0.1) is 18.3 Å². The minimum absolute atomic E-state index is 0.245. The van der Waals surface area contributed by atoms with Crippen LogP contribution >= 0.6 is 11.3 Å². The molecule has 20 heavy (non-hydrogen) atoms. The van der Waals surface area contributed by atoms with Gasteiger partial charge in [-0.3, -0.25) is 0 Å². The molecule has 1 atom stereocenters. The van der Waals surface area contributed by atoms with E-state index in [0.29, 0.717) is 18.2 Å². The Kier molecular flexibility index (Phi) is 4.95. The summed E-state index contributed by atoms with van der Waals surface area (Å²) in [6, 6.07) is 9.66. The largest absolute Gasteiger partial charge is 0.450 e. The molecule has 0 saturated carbocycles. The van der Waals surface area contributed by atoms with Crippen LogP contribution in [0.15, 0.2) is 35.7 Å². The molecule has 0 fully saturated rings. The number of hydrogen-bond acceptors (Lipinski definition) is 5. The van der Waals surface area contributed by atoms with Crippen molar-refractivity contribution in [3.05, 3.63) is 47.0 Å². The van der Waals surface area contributed by atoms with Crippen LogP contribution in [0.25, 0.3) is 0 Å². The standard InChI is InChI=1S/C14H17N3O2S/c1-2-19-14(18)17-11(12-9-20-13(15)16-12)8-10-6-4-3-5-7-10/h3-7,9,11H,2,8H2,1H3,(H2,15,16)(H,17,18)/t11-/m0/s1. The van der Waals surface area contributed by atoms with Crippen molar-refractivity contribution >= 4 is 22.6 Å². The molecule has 0 bridgehead atoms. The number of hydrogen-bond donors (Lipinski definition) is 2.